The first-order chi connectivity index (χ1) is 9.43. The fourth-order valence-electron chi connectivity index (χ4n) is 3.32. The molecular weight excluding hydrogens is 288 g/mol. The van der Waals surface area contributed by atoms with Gasteiger partial charge in [-0.05, 0) is 36.3 Å². The molecule has 2 nitrogen and oxygen atoms in total. The van der Waals surface area contributed by atoms with Crippen LogP contribution in [0.1, 0.15) is 38.5 Å². The van der Waals surface area contributed by atoms with Crippen LogP contribution in [0.15, 0.2) is 12.1 Å². The Labute approximate surface area is 131 Å². The van der Waals surface area contributed by atoms with Gasteiger partial charge in [-0.2, -0.15) is 0 Å². The van der Waals surface area contributed by atoms with Crippen molar-refractivity contribution in [1.82, 2.24) is 10.2 Å². The number of nitrogens with zero attached hydrogens (tertiary/aromatic N) is 1. The number of halogens is 1. The molecule has 0 amide bonds. The van der Waals surface area contributed by atoms with Gasteiger partial charge in [-0.15, -0.1) is 11.3 Å². The SMILES string of the molecule is CC(C)(C)C1CNC(C2CC2)CN1Cc1ccc(Cl)s1. The highest BCUT2D eigenvalue weighted by Gasteiger charge is 2.40. The van der Waals surface area contributed by atoms with Crippen LogP contribution in [0.3, 0.4) is 0 Å². The van der Waals surface area contributed by atoms with E-state index in [0.717, 1.165) is 23.3 Å². The third-order valence-corrected chi connectivity index (χ3v) is 5.84. The molecule has 0 radical (unpaired) electrons. The van der Waals surface area contributed by atoms with Gasteiger partial charge in [0.15, 0.2) is 0 Å². The second-order valence-electron chi connectivity index (χ2n) is 7.37. The second kappa shape index (κ2) is 5.60. The van der Waals surface area contributed by atoms with Crippen LogP contribution in [0.25, 0.3) is 0 Å². The van der Waals surface area contributed by atoms with Crippen LogP contribution in [0.2, 0.25) is 4.34 Å². The van der Waals surface area contributed by atoms with Crippen molar-refractivity contribution in [2.75, 3.05) is 13.1 Å². The average Bonchev–Trinajstić information content (AvgIpc) is 3.13. The van der Waals surface area contributed by atoms with E-state index < -0.39 is 0 Å². The molecule has 20 heavy (non-hydrogen) atoms. The van der Waals surface area contributed by atoms with Crippen LogP contribution >= 0.6 is 22.9 Å². The molecule has 1 aliphatic carbocycles. The van der Waals surface area contributed by atoms with Gasteiger partial charge in [0.1, 0.15) is 0 Å². The molecule has 3 rings (SSSR count). The fourth-order valence-corrected chi connectivity index (χ4v) is 4.43. The summed E-state index contributed by atoms with van der Waals surface area (Å²) in [4.78, 5) is 4.07. The molecule has 0 spiro atoms. The first-order valence-corrected chi connectivity index (χ1v) is 8.84. The zero-order valence-electron chi connectivity index (χ0n) is 12.7. The minimum atomic E-state index is 0.308. The van der Waals surface area contributed by atoms with E-state index in [4.69, 9.17) is 11.6 Å². The lowest BCUT2D eigenvalue weighted by molar-refractivity contribution is 0.0457. The zero-order valence-corrected chi connectivity index (χ0v) is 14.2. The Morgan fingerprint density at radius 2 is 2.10 bits per heavy atom. The second-order valence-corrected chi connectivity index (χ2v) is 9.17. The first-order valence-electron chi connectivity index (χ1n) is 7.65. The van der Waals surface area contributed by atoms with Crippen molar-refractivity contribution in [3.8, 4) is 0 Å². The van der Waals surface area contributed by atoms with Crippen LogP contribution in [-0.4, -0.2) is 30.1 Å². The summed E-state index contributed by atoms with van der Waals surface area (Å²) in [7, 11) is 0. The summed E-state index contributed by atoms with van der Waals surface area (Å²) in [5, 5.41) is 3.79. The number of thiophene rings is 1. The topological polar surface area (TPSA) is 15.3 Å². The Hall–Kier alpha value is -0.0900. The van der Waals surface area contributed by atoms with Crippen LogP contribution in [-0.2, 0) is 6.54 Å². The van der Waals surface area contributed by atoms with Gasteiger partial charge in [-0.3, -0.25) is 4.90 Å². The molecule has 1 aliphatic heterocycles. The van der Waals surface area contributed by atoms with Crippen molar-refractivity contribution in [1.29, 1.82) is 0 Å². The molecule has 4 heteroatoms. The summed E-state index contributed by atoms with van der Waals surface area (Å²) in [6, 6.07) is 5.50. The monoisotopic (exact) mass is 312 g/mol. The van der Waals surface area contributed by atoms with E-state index in [-0.39, 0.29) is 0 Å². The Balaban J connectivity index is 1.73. The summed E-state index contributed by atoms with van der Waals surface area (Å²) in [5.41, 5.74) is 0.308. The Bertz CT molecular complexity index is 461. The number of rotatable bonds is 3. The lowest BCUT2D eigenvalue weighted by atomic mass is 9.83. The highest BCUT2D eigenvalue weighted by atomic mass is 35.5. The van der Waals surface area contributed by atoms with E-state index in [0.29, 0.717) is 17.5 Å². The molecule has 2 unspecified atom stereocenters. The highest BCUT2D eigenvalue weighted by molar-refractivity contribution is 7.16. The Morgan fingerprint density at radius 3 is 2.65 bits per heavy atom. The van der Waals surface area contributed by atoms with Gasteiger partial charge in [0.2, 0.25) is 0 Å². The number of hydrogen-bond acceptors (Lipinski definition) is 3. The van der Waals surface area contributed by atoms with Gasteiger partial charge >= 0.3 is 0 Å². The van der Waals surface area contributed by atoms with E-state index in [2.05, 4.69) is 37.1 Å². The van der Waals surface area contributed by atoms with Crippen LogP contribution in [0, 0.1) is 11.3 Å². The van der Waals surface area contributed by atoms with Crippen molar-refractivity contribution < 1.29 is 0 Å². The average molecular weight is 313 g/mol. The maximum atomic E-state index is 6.08. The predicted octanol–water partition coefficient (Wildman–Crippen LogP) is 4.00. The van der Waals surface area contributed by atoms with Gasteiger partial charge in [-0.25, -0.2) is 0 Å². The molecule has 0 bridgehead atoms. The largest absolute Gasteiger partial charge is 0.311 e. The summed E-state index contributed by atoms with van der Waals surface area (Å²) >= 11 is 7.80. The molecule has 1 aromatic heterocycles. The van der Waals surface area contributed by atoms with Gasteiger partial charge in [0.25, 0.3) is 0 Å². The molecule has 1 N–H and O–H groups in total. The predicted molar refractivity (Wildman–Crippen MR) is 87.5 cm³/mol. The Morgan fingerprint density at radius 1 is 1.35 bits per heavy atom. The normalized spacial score (nSPS) is 28.8. The van der Waals surface area contributed by atoms with E-state index in [1.807, 2.05) is 6.07 Å². The fraction of sp³-hybridized carbons (Fsp3) is 0.750. The van der Waals surface area contributed by atoms with Crippen molar-refractivity contribution in [2.24, 2.45) is 11.3 Å². The van der Waals surface area contributed by atoms with E-state index in [1.54, 1.807) is 11.3 Å². The van der Waals surface area contributed by atoms with Crippen molar-refractivity contribution in [3.05, 3.63) is 21.3 Å². The third-order valence-electron chi connectivity index (χ3n) is 4.62. The molecule has 2 aliphatic rings. The lowest BCUT2D eigenvalue weighted by Gasteiger charge is -2.46. The number of piperazine rings is 1. The maximum Gasteiger partial charge on any atom is 0.0931 e. The minimum absolute atomic E-state index is 0.308. The van der Waals surface area contributed by atoms with E-state index in [1.165, 1.54) is 24.3 Å². The highest BCUT2D eigenvalue weighted by Crippen LogP contribution is 2.37. The van der Waals surface area contributed by atoms with Gasteiger partial charge in [0, 0.05) is 36.6 Å². The minimum Gasteiger partial charge on any atom is -0.311 e. The zero-order chi connectivity index (χ0) is 14.3. The van der Waals surface area contributed by atoms with Crippen LogP contribution < -0.4 is 5.32 Å². The van der Waals surface area contributed by atoms with Crippen LogP contribution in [0.4, 0.5) is 0 Å². The maximum absolute atomic E-state index is 6.08. The summed E-state index contributed by atoms with van der Waals surface area (Å²) in [5.74, 6) is 0.922. The molecule has 1 aromatic rings. The van der Waals surface area contributed by atoms with Crippen molar-refractivity contribution >= 4 is 22.9 Å². The van der Waals surface area contributed by atoms with Gasteiger partial charge < -0.3 is 5.32 Å². The van der Waals surface area contributed by atoms with Crippen molar-refractivity contribution in [3.63, 3.8) is 0 Å². The third kappa shape index (κ3) is 3.38. The van der Waals surface area contributed by atoms with E-state index in [9.17, 15) is 0 Å². The standard InChI is InChI=1S/C16H25ClN2S/c1-16(2,3)14-8-18-13(11-4-5-11)10-19(14)9-12-6-7-15(17)20-12/h6-7,11,13-14,18H,4-5,8-10H2,1-3H3. The molecule has 112 valence electrons. The Kier molecular flexibility index (Phi) is 4.15. The molecular formula is C16H25ClN2S. The molecule has 0 aromatic carbocycles. The number of nitrogens with one attached hydrogen (secondary N) is 1. The number of hydrogen-bond donors (Lipinski definition) is 1. The smallest absolute Gasteiger partial charge is 0.0931 e. The first kappa shape index (κ1) is 14.8. The molecule has 1 saturated carbocycles. The van der Waals surface area contributed by atoms with Gasteiger partial charge in [-0.1, -0.05) is 32.4 Å². The van der Waals surface area contributed by atoms with E-state index >= 15 is 0 Å². The van der Waals surface area contributed by atoms with Crippen molar-refractivity contribution in [2.45, 2.75) is 52.2 Å². The summed E-state index contributed by atoms with van der Waals surface area (Å²) in [6.07, 6.45) is 2.83. The summed E-state index contributed by atoms with van der Waals surface area (Å²) in [6.45, 7) is 10.4. The lowest BCUT2D eigenvalue weighted by Crippen LogP contribution is -2.60. The molecule has 2 heterocycles. The molecule has 1 saturated heterocycles. The molecule has 2 atom stereocenters. The van der Waals surface area contributed by atoms with Gasteiger partial charge in [0.05, 0.1) is 4.34 Å². The van der Waals surface area contributed by atoms with Crippen LogP contribution in [0.5, 0.6) is 0 Å². The molecule has 2 fully saturated rings. The quantitative estimate of drug-likeness (QED) is 0.907. The summed E-state index contributed by atoms with van der Waals surface area (Å²) < 4.78 is 0.904.